The Balaban J connectivity index is 2.41. The summed E-state index contributed by atoms with van der Waals surface area (Å²) in [6.07, 6.45) is 2.58. The van der Waals surface area contributed by atoms with E-state index in [2.05, 4.69) is 15.0 Å². The largest absolute Gasteiger partial charge is 0.244 e. The molecule has 3 nitrogen and oxygen atoms in total. The van der Waals surface area contributed by atoms with Crippen LogP contribution in [0.2, 0.25) is 10.2 Å². The monoisotopic (exact) mass is 329 g/mol. The Morgan fingerprint density at radius 1 is 0.952 bits per heavy atom. The molecule has 2 aromatic heterocycles. The van der Waals surface area contributed by atoms with Crippen molar-refractivity contribution in [1.29, 1.82) is 0 Å². The molecule has 0 atom stereocenters. The van der Waals surface area contributed by atoms with Crippen LogP contribution in [0.3, 0.4) is 0 Å². The van der Waals surface area contributed by atoms with Crippen molar-refractivity contribution in [2.45, 2.75) is 0 Å². The summed E-state index contributed by atoms with van der Waals surface area (Å²) in [5.41, 5.74) is -0.535. The summed E-state index contributed by atoms with van der Waals surface area (Å²) in [4.78, 5) is 11.5. The Morgan fingerprint density at radius 3 is 2.29 bits per heavy atom. The molecule has 0 aliphatic rings. The molecular formula is C13H4Cl2F3N3. The molecule has 0 aliphatic heterocycles. The Labute approximate surface area is 126 Å². The average Bonchev–Trinajstić information content (AvgIpc) is 2.41. The van der Waals surface area contributed by atoms with Crippen LogP contribution in [-0.2, 0) is 0 Å². The SMILES string of the molecule is Fc1cc(F)c(-c2c(Cl)nc3ncncc3c2Cl)c(F)c1. The van der Waals surface area contributed by atoms with E-state index in [-0.39, 0.29) is 26.8 Å². The normalized spacial score (nSPS) is 11.1. The standard InChI is InChI=1S/C13H4Cl2F3N3/c14-11-6-3-19-4-20-13(6)21-12(15)10(11)9-7(17)1-5(16)2-8(9)18/h1-4H. The van der Waals surface area contributed by atoms with E-state index in [1.165, 1.54) is 12.5 Å². The van der Waals surface area contributed by atoms with Gasteiger partial charge in [-0.25, -0.2) is 28.1 Å². The third-order valence-corrected chi connectivity index (χ3v) is 3.48. The van der Waals surface area contributed by atoms with Crippen molar-refractivity contribution in [2.75, 3.05) is 0 Å². The van der Waals surface area contributed by atoms with Gasteiger partial charge in [0.2, 0.25) is 0 Å². The number of halogens is 5. The van der Waals surface area contributed by atoms with Gasteiger partial charge in [0.25, 0.3) is 0 Å². The molecule has 106 valence electrons. The molecule has 0 radical (unpaired) electrons. The minimum Gasteiger partial charge on any atom is -0.244 e. The maximum atomic E-state index is 13.9. The number of fused-ring (bicyclic) bond motifs is 1. The van der Waals surface area contributed by atoms with Crippen LogP contribution in [0.25, 0.3) is 22.2 Å². The van der Waals surface area contributed by atoms with Gasteiger partial charge in [-0.15, -0.1) is 0 Å². The Morgan fingerprint density at radius 2 is 1.62 bits per heavy atom. The maximum absolute atomic E-state index is 13.9. The Bertz CT molecular complexity index is 848. The average molecular weight is 330 g/mol. The van der Waals surface area contributed by atoms with Gasteiger partial charge in [-0.1, -0.05) is 23.2 Å². The first-order valence-corrected chi connectivity index (χ1v) is 6.34. The summed E-state index contributed by atoms with van der Waals surface area (Å²) < 4.78 is 40.8. The minimum atomic E-state index is -1.13. The Hall–Kier alpha value is -1.92. The molecule has 0 N–H and O–H groups in total. The molecule has 0 fully saturated rings. The molecule has 8 heteroatoms. The molecule has 0 saturated heterocycles. The van der Waals surface area contributed by atoms with E-state index in [9.17, 15) is 13.2 Å². The van der Waals surface area contributed by atoms with Gasteiger partial charge >= 0.3 is 0 Å². The van der Waals surface area contributed by atoms with Crippen molar-refractivity contribution in [2.24, 2.45) is 0 Å². The molecule has 0 aliphatic carbocycles. The number of rotatable bonds is 1. The van der Waals surface area contributed by atoms with Crippen LogP contribution in [0.1, 0.15) is 0 Å². The van der Waals surface area contributed by atoms with Crippen molar-refractivity contribution >= 4 is 34.2 Å². The zero-order chi connectivity index (χ0) is 15.1. The van der Waals surface area contributed by atoms with E-state index in [1.807, 2.05) is 0 Å². The van der Waals surface area contributed by atoms with E-state index in [1.54, 1.807) is 0 Å². The van der Waals surface area contributed by atoms with Crippen molar-refractivity contribution in [1.82, 2.24) is 15.0 Å². The lowest BCUT2D eigenvalue weighted by molar-refractivity contribution is 0.548. The second kappa shape index (κ2) is 5.13. The lowest BCUT2D eigenvalue weighted by atomic mass is 10.0. The third kappa shape index (κ3) is 2.30. The second-order valence-corrected chi connectivity index (χ2v) is 4.83. The lowest BCUT2D eigenvalue weighted by Crippen LogP contribution is -1.97. The van der Waals surface area contributed by atoms with Gasteiger partial charge in [0.05, 0.1) is 16.0 Å². The van der Waals surface area contributed by atoms with Crippen molar-refractivity contribution in [3.63, 3.8) is 0 Å². The van der Waals surface area contributed by atoms with Crippen LogP contribution in [0.4, 0.5) is 13.2 Å². The van der Waals surface area contributed by atoms with Crippen LogP contribution in [0, 0.1) is 17.5 Å². The second-order valence-electron chi connectivity index (χ2n) is 4.10. The summed E-state index contributed by atoms with van der Waals surface area (Å²) in [6.45, 7) is 0. The summed E-state index contributed by atoms with van der Waals surface area (Å²) in [6, 6.07) is 1.08. The van der Waals surface area contributed by atoms with E-state index in [4.69, 9.17) is 23.2 Å². The van der Waals surface area contributed by atoms with Gasteiger partial charge in [-0.3, -0.25) is 0 Å². The molecule has 0 unspecified atom stereocenters. The van der Waals surface area contributed by atoms with Crippen LogP contribution in [0.5, 0.6) is 0 Å². The molecule has 3 aromatic rings. The highest BCUT2D eigenvalue weighted by atomic mass is 35.5. The molecule has 0 bridgehead atoms. The zero-order valence-corrected chi connectivity index (χ0v) is 11.6. The van der Waals surface area contributed by atoms with Gasteiger partial charge in [-0.05, 0) is 0 Å². The quantitative estimate of drug-likeness (QED) is 0.620. The lowest BCUT2D eigenvalue weighted by Gasteiger charge is -2.11. The highest BCUT2D eigenvalue weighted by molar-refractivity contribution is 6.42. The Kier molecular flexibility index (Phi) is 3.43. The van der Waals surface area contributed by atoms with Crippen LogP contribution < -0.4 is 0 Å². The minimum absolute atomic E-state index is 0.0602. The molecule has 0 amide bonds. The number of hydrogen-bond acceptors (Lipinski definition) is 3. The summed E-state index contributed by atoms with van der Waals surface area (Å²) >= 11 is 12.1. The smallest absolute Gasteiger partial charge is 0.165 e. The van der Waals surface area contributed by atoms with Gasteiger partial charge in [0.15, 0.2) is 5.65 Å². The van der Waals surface area contributed by atoms with E-state index >= 15 is 0 Å². The molecule has 0 saturated carbocycles. The predicted molar refractivity (Wildman–Crippen MR) is 72.7 cm³/mol. The summed E-state index contributed by atoms with van der Waals surface area (Å²) in [5.74, 6) is -3.30. The van der Waals surface area contributed by atoms with E-state index < -0.39 is 23.0 Å². The molecule has 21 heavy (non-hydrogen) atoms. The molecule has 0 spiro atoms. The van der Waals surface area contributed by atoms with Gasteiger partial charge < -0.3 is 0 Å². The number of aromatic nitrogens is 3. The fourth-order valence-corrected chi connectivity index (χ4v) is 2.57. The molecular weight excluding hydrogens is 326 g/mol. The number of nitrogens with zero attached hydrogens (tertiary/aromatic N) is 3. The molecule has 3 rings (SSSR count). The first-order valence-electron chi connectivity index (χ1n) is 5.58. The molecule has 2 heterocycles. The predicted octanol–water partition coefficient (Wildman–Crippen LogP) is 4.42. The van der Waals surface area contributed by atoms with Crippen LogP contribution >= 0.6 is 23.2 Å². The first-order chi connectivity index (χ1) is 9.99. The third-order valence-electron chi connectivity index (χ3n) is 2.81. The van der Waals surface area contributed by atoms with Crippen LogP contribution in [0.15, 0.2) is 24.7 Å². The first kappa shape index (κ1) is 14.0. The van der Waals surface area contributed by atoms with Gasteiger partial charge in [0.1, 0.15) is 28.9 Å². The summed E-state index contributed by atoms with van der Waals surface area (Å²) in [5, 5.41) is -0.0210. The van der Waals surface area contributed by atoms with Crippen LogP contribution in [-0.4, -0.2) is 15.0 Å². The zero-order valence-electron chi connectivity index (χ0n) is 10.0. The van der Waals surface area contributed by atoms with Crippen molar-refractivity contribution in [3.8, 4) is 11.1 Å². The van der Waals surface area contributed by atoms with Gasteiger partial charge in [0, 0.05) is 23.9 Å². The number of benzene rings is 1. The van der Waals surface area contributed by atoms with Gasteiger partial charge in [-0.2, -0.15) is 0 Å². The highest BCUT2D eigenvalue weighted by Crippen LogP contribution is 2.40. The fraction of sp³-hybridized carbons (Fsp3) is 0. The summed E-state index contributed by atoms with van der Waals surface area (Å²) in [7, 11) is 0. The molecule has 1 aromatic carbocycles. The topological polar surface area (TPSA) is 38.7 Å². The maximum Gasteiger partial charge on any atom is 0.165 e. The number of pyridine rings is 1. The number of hydrogen-bond donors (Lipinski definition) is 0. The van der Waals surface area contributed by atoms with Crippen molar-refractivity contribution < 1.29 is 13.2 Å². The highest BCUT2D eigenvalue weighted by Gasteiger charge is 2.22. The van der Waals surface area contributed by atoms with E-state index in [0.717, 1.165) is 0 Å². The fourth-order valence-electron chi connectivity index (χ4n) is 1.94. The van der Waals surface area contributed by atoms with Crippen molar-refractivity contribution in [3.05, 3.63) is 52.3 Å². The van der Waals surface area contributed by atoms with E-state index in [0.29, 0.717) is 12.1 Å².